The summed E-state index contributed by atoms with van der Waals surface area (Å²) in [7, 11) is 0. The number of rotatable bonds is 10. The summed E-state index contributed by atoms with van der Waals surface area (Å²) in [5, 5.41) is 0. The molecule has 0 nitrogen and oxygen atoms in total. The lowest BCUT2D eigenvalue weighted by atomic mass is 9.81. The van der Waals surface area contributed by atoms with Crippen LogP contribution in [0.15, 0.2) is 0 Å². The Hall–Kier alpha value is 0. The largest absolute Gasteiger partial charge is 0.0654 e. The molecule has 0 saturated carbocycles. The maximum absolute atomic E-state index is 2.48. The summed E-state index contributed by atoms with van der Waals surface area (Å²) in [6.07, 6.45) is 11.3. The summed E-state index contributed by atoms with van der Waals surface area (Å²) in [4.78, 5) is 0. The summed E-state index contributed by atoms with van der Waals surface area (Å²) in [6.45, 7) is 11.9. The van der Waals surface area contributed by atoms with Gasteiger partial charge in [0.1, 0.15) is 0 Å². The lowest BCUT2D eigenvalue weighted by molar-refractivity contribution is 0.261. The van der Waals surface area contributed by atoms with Crippen LogP contribution in [0.25, 0.3) is 0 Å². The predicted octanol–water partition coefficient (Wildman–Crippen LogP) is 6.06. The van der Waals surface area contributed by atoms with E-state index in [-0.39, 0.29) is 0 Å². The Morgan fingerprint density at radius 3 is 2.00 bits per heavy atom. The predicted molar refractivity (Wildman–Crippen MR) is 75.8 cm³/mol. The Labute approximate surface area is 104 Å². The van der Waals surface area contributed by atoms with Crippen LogP contribution in [-0.2, 0) is 0 Å². The third kappa shape index (κ3) is 7.30. The van der Waals surface area contributed by atoms with Crippen molar-refractivity contribution in [3.8, 4) is 0 Å². The highest BCUT2D eigenvalue weighted by atomic mass is 14.2. The van der Waals surface area contributed by atoms with E-state index >= 15 is 0 Å². The Morgan fingerprint density at radius 1 is 0.812 bits per heavy atom. The van der Waals surface area contributed by atoms with Crippen molar-refractivity contribution in [1.29, 1.82) is 0 Å². The molecule has 0 fully saturated rings. The van der Waals surface area contributed by atoms with E-state index in [1.807, 2.05) is 0 Å². The molecule has 0 aliphatic carbocycles. The monoisotopic (exact) mass is 226 g/mol. The fourth-order valence-electron chi connectivity index (χ4n) is 2.99. The van der Waals surface area contributed by atoms with Crippen LogP contribution in [0.4, 0.5) is 0 Å². The van der Waals surface area contributed by atoms with Gasteiger partial charge in [0, 0.05) is 0 Å². The SMILES string of the molecule is CCCCCC(CC)C(C)CC(C)CCC. The van der Waals surface area contributed by atoms with Gasteiger partial charge in [-0.3, -0.25) is 0 Å². The summed E-state index contributed by atoms with van der Waals surface area (Å²) in [5.74, 6) is 2.84. The molecule has 0 aliphatic rings. The van der Waals surface area contributed by atoms with Crippen molar-refractivity contribution in [1.82, 2.24) is 0 Å². The van der Waals surface area contributed by atoms with Gasteiger partial charge in [-0.15, -0.1) is 0 Å². The molecule has 0 amide bonds. The first-order valence-corrected chi connectivity index (χ1v) is 7.65. The van der Waals surface area contributed by atoms with Crippen molar-refractivity contribution in [2.45, 2.75) is 86.0 Å². The van der Waals surface area contributed by atoms with Crippen molar-refractivity contribution in [3.63, 3.8) is 0 Å². The molecule has 0 bridgehead atoms. The molecule has 0 saturated heterocycles. The van der Waals surface area contributed by atoms with Gasteiger partial charge in [-0.2, -0.15) is 0 Å². The Balaban J connectivity index is 3.84. The van der Waals surface area contributed by atoms with E-state index in [9.17, 15) is 0 Å². The molecule has 0 aromatic heterocycles. The second kappa shape index (κ2) is 10.2. The molecule has 0 heteroatoms. The lowest BCUT2D eigenvalue weighted by Gasteiger charge is -2.25. The molecule has 3 atom stereocenters. The van der Waals surface area contributed by atoms with E-state index < -0.39 is 0 Å². The van der Waals surface area contributed by atoms with Gasteiger partial charge in [0.05, 0.1) is 0 Å². The molecule has 0 N–H and O–H groups in total. The minimum absolute atomic E-state index is 0.931. The van der Waals surface area contributed by atoms with E-state index in [2.05, 4.69) is 34.6 Å². The minimum Gasteiger partial charge on any atom is -0.0654 e. The maximum Gasteiger partial charge on any atom is -0.0391 e. The van der Waals surface area contributed by atoms with Crippen LogP contribution < -0.4 is 0 Å². The third-order valence-corrected chi connectivity index (χ3v) is 4.06. The van der Waals surface area contributed by atoms with Crippen molar-refractivity contribution in [3.05, 3.63) is 0 Å². The maximum atomic E-state index is 2.48. The second-order valence-electron chi connectivity index (χ2n) is 5.77. The summed E-state index contributed by atoms with van der Waals surface area (Å²) in [5.41, 5.74) is 0. The van der Waals surface area contributed by atoms with Crippen LogP contribution in [0.2, 0.25) is 0 Å². The average molecular weight is 226 g/mol. The van der Waals surface area contributed by atoms with Crippen LogP contribution in [0, 0.1) is 17.8 Å². The Bertz CT molecular complexity index is 139. The number of hydrogen-bond donors (Lipinski definition) is 0. The molecule has 98 valence electrons. The quantitative estimate of drug-likeness (QED) is 0.397. The fourth-order valence-corrected chi connectivity index (χ4v) is 2.99. The van der Waals surface area contributed by atoms with Crippen LogP contribution in [-0.4, -0.2) is 0 Å². The molecule has 3 unspecified atom stereocenters. The van der Waals surface area contributed by atoms with Crippen molar-refractivity contribution >= 4 is 0 Å². The smallest absolute Gasteiger partial charge is 0.0391 e. The van der Waals surface area contributed by atoms with E-state index in [4.69, 9.17) is 0 Å². The minimum atomic E-state index is 0.931. The van der Waals surface area contributed by atoms with Gasteiger partial charge in [-0.1, -0.05) is 79.6 Å². The molecular weight excluding hydrogens is 192 g/mol. The molecule has 0 radical (unpaired) electrons. The number of unbranched alkanes of at least 4 members (excludes halogenated alkanes) is 2. The summed E-state index contributed by atoms with van der Waals surface area (Å²) < 4.78 is 0. The van der Waals surface area contributed by atoms with E-state index in [1.54, 1.807) is 0 Å². The van der Waals surface area contributed by atoms with Gasteiger partial charge in [-0.25, -0.2) is 0 Å². The molecule has 0 aliphatic heterocycles. The van der Waals surface area contributed by atoms with E-state index in [0.29, 0.717) is 0 Å². The van der Waals surface area contributed by atoms with E-state index in [0.717, 1.165) is 17.8 Å². The second-order valence-corrected chi connectivity index (χ2v) is 5.77. The molecular formula is C16H34. The van der Waals surface area contributed by atoms with E-state index in [1.165, 1.54) is 51.4 Å². The summed E-state index contributed by atoms with van der Waals surface area (Å²) >= 11 is 0. The summed E-state index contributed by atoms with van der Waals surface area (Å²) in [6, 6.07) is 0. The van der Waals surface area contributed by atoms with Crippen molar-refractivity contribution in [2.24, 2.45) is 17.8 Å². The Morgan fingerprint density at radius 2 is 1.50 bits per heavy atom. The zero-order valence-electron chi connectivity index (χ0n) is 12.4. The fraction of sp³-hybridized carbons (Fsp3) is 1.00. The molecule has 0 aromatic carbocycles. The van der Waals surface area contributed by atoms with Gasteiger partial charge >= 0.3 is 0 Å². The highest BCUT2D eigenvalue weighted by Gasteiger charge is 2.17. The first-order chi connectivity index (χ1) is 7.65. The molecule has 0 heterocycles. The average Bonchev–Trinajstić information content (AvgIpc) is 2.24. The van der Waals surface area contributed by atoms with Crippen LogP contribution in [0.5, 0.6) is 0 Å². The van der Waals surface area contributed by atoms with Crippen LogP contribution >= 0.6 is 0 Å². The van der Waals surface area contributed by atoms with Crippen molar-refractivity contribution in [2.75, 3.05) is 0 Å². The molecule has 0 rings (SSSR count). The molecule has 0 aromatic rings. The zero-order chi connectivity index (χ0) is 12.4. The van der Waals surface area contributed by atoms with Gasteiger partial charge in [-0.05, 0) is 24.2 Å². The molecule has 0 spiro atoms. The number of hydrogen-bond acceptors (Lipinski definition) is 0. The topological polar surface area (TPSA) is 0 Å². The Kier molecular flexibility index (Phi) is 10.2. The normalized spacial score (nSPS) is 17.1. The van der Waals surface area contributed by atoms with Crippen LogP contribution in [0.3, 0.4) is 0 Å². The standard InChI is InChI=1S/C16H34/c1-6-9-10-12-16(8-3)15(5)13-14(4)11-7-2/h14-16H,6-13H2,1-5H3. The first-order valence-electron chi connectivity index (χ1n) is 7.65. The van der Waals surface area contributed by atoms with Crippen molar-refractivity contribution < 1.29 is 0 Å². The third-order valence-electron chi connectivity index (χ3n) is 4.06. The first kappa shape index (κ1) is 16.0. The zero-order valence-corrected chi connectivity index (χ0v) is 12.4. The van der Waals surface area contributed by atoms with Crippen LogP contribution in [0.1, 0.15) is 86.0 Å². The van der Waals surface area contributed by atoms with Gasteiger partial charge in [0.2, 0.25) is 0 Å². The van der Waals surface area contributed by atoms with Gasteiger partial charge < -0.3 is 0 Å². The van der Waals surface area contributed by atoms with Gasteiger partial charge in [0.25, 0.3) is 0 Å². The highest BCUT2D eigenvalue weighted by molar-refractivity contribution is 4.68. The van der Waals surface area contributed by atoms with Gasteiger partial charge in [0.15, 0.2) is 0 Å². The molecule has 16 heavy (non-hydrogen) atoms. The lowest BCUT2D eigenvalue weighted by Crippen LogP contribution is -2.14. The highest BCUT2D eigenvalue weighted by Crippen LogP contribution is 2.28.